The van der Waals surface area contributed by atoms with Gasteiger partial charge in [-0.05, 0) is 47.2 Å². The van der Waals surface area contributed by atoms with Gasteiger partial charge in [-0.2, -0.15) is 0 Å². The first-order valence-corrected chi connectivity index (χ1v) is 5.91. The van der Waals surface area contributed by atoms with Crippen molar-refractivity contribution in [3.63, 3.8) is 0 Å². The Morgan fingerprint density at radius 2 is 2.42 bits per heavy atom. The summed E-state index contributed by atoms with van der Waals surface area (Å²) in [7, 11) is 0. The number of nitrogens with two attached hydrogens (primary N) is 1. The summed E-state index contributed by atoms with van der Waals surface area (Å²) in [5.41, 5.74) is 6.01. The van der Waals surface area contributed by atoms with E-state index in [2.05, 4.69) is 27.4 Å². The molecule has 1 fully saturated rings. The molecule has 12 heavy (non-hydrogen) atoms. The van der Waals surface area contributed by atoms with Crippen LogP contribution in [0.3, 0.4) is 0 Å². The van der Waals surface area contributed by atoms with Gasteiger partial charge in [0.1, 0.15) is 0 Å². The van der Waals surface area contributed by atoms with Gasteiger partial charge in [0.2, 0.25) is 0 Å². The van der Waals surface area contributed by atoms with Gasteiger partial charge in [-0.1, -0.05) is 0 Å². The summed E-state index contributed by atoms with van der Waals surface area (Å²) in [6.07, 6.45) is 3.74. The first-order valence-electron chi connectivity index (χ1n) is 4.24. The Morgan fingerprint density at radius 1 is 1.67 bits per heavy atom. The molecule has 1 unspecified atom stereocenters. The maximum Gasteiger partial charge on any atom is 0.0285 e. The quantitative estimate of drug-likeness (QED) is 0.871. The van der Waals surface area contributed by atoms with Crippen molar-refractivity contribution in [2.24, 2.45) is 11.7 Å². The Balaban J connectivity index is 1.93. The Bertz CT molecular complexity index is 267. The van der Waals surface area contributed by atoms with Crippen LogP contribution in [0.15, 0.2) is 15.9 Å². The van der Waals surface area contributed by atoms with E-state index in [0.29, 0.717) is 6.04 Å². The molecule has 1 aromatic heterocycles. The van der Waals surface area contributed by atoms with Crippen LogP contribution in [0.25, 0.3) is 0 Å². The SMILES string of the molecule is NC(Cc1cc(Br)cs1)C1CC1. The largest absolute Gasteiger partial charge is 0.327 e. The number of rotatable bonds is 3. The fourth-order valence-electron chi connectivity index (χ4n) is 1.38. The highest BCUT2D eigenvalue weighted by molar-refractivity contribution is 9.10. The highest BCUT2D eigenvalue weighted by Gasteiger charge is 2.28. The summed E-state index contributed by atoms with van der Waals surface area (Å²) < 4.78 is 1.19. The minimum atomic E-state index is 0.399. The summed E-state index contributed by atoms with van der Waals surface area (Å²) in [5, 5.41) is 2.12. The molecule has 0 amide bonds. The van der Waals surface area contributed by atoms with Gasteiger partial charge < -0.3 is 5.73 Å². The second-order valence-electron chi connectivity index (χ2n) is 3.44. The number of halogens is 1. The van der Waals surface area contributed by atoms with Gasteiger partial charge in [-0.25, -0.2) is 0 Å². The van der Waals surface area contributed by atoms with Crippen LogP contribution in [-0.2, 0) is 6.42 Å². The minimum Gasteiger partial charge on any atom is -0.327 e. The first kappa shape index (κ1) is 8.73. The zero-order valence-corrected chi connectivity index (χ0v) is 9.20. The zero-order chi connectivity index (χ0) is 8.55. The lowest BCUT2D eigenvalue weighted by Crippen LogP contribution is -2.24. The molecular formula is C9H12BrNS. The van der Waals surface area contributed by atoms with Crippen molar-refractivity contribution in [2.45, 2.75) is 25.3 Å². The van der Waals surface area contributed by atoms with Crippen molar-refractivity contribution < 1.29 is 0 Å². The fraction of sp³-hybridized carbons (Fsp3) is 0.556. The molecule has 0 aromatic carbocycles. The third-order valence-corrected chi connectivity index (χ3v) is 4.01. The van der Waals surface area contributed by atoms with Gasteiger partial charge in [-0.15, -0.1) is 11.3 Å². The number of hydrogen-bond acceptors (Lipinski definition) is 2. The predicted octanol–water partition coefficient (Wildman–Crippen LogP) is 2.79. The maximum atomic E-state index is 6.01. The molecule has 1 atom stereocenters. The van der Waals surface area contributed by atoms with Crippen molar-refractivity contribution in [1.29, 1.82) is 0 Å². The van der Waals surface area contributed by atoms with E-state index in [1.54, 1.807) is 11.3 Å². The zero-order valence-electron chi connectivity index (χ0n) is 6.79. The first-order chi connectivity index (χ1) is 5.75. The molecule has 0 saturated heterocycles. The Morgan fingerprint density at radius 3 is 2.92 bits per heavy atom. The molecule has 0 radical (unpaired) electrons. The molecule has 3 heteroatoms. The van der Waals surface area contributed by atoms with Crippen molar-refractivity contribution in [3.05, 3.63) is 20.8 Å². The standard InChI is InChI=1S/C9H12BrNS/c10-7-3-8(12-5-7)4-9(11)6-1-2-6/h3,5-6,9H,1-2,4,11H2. The van der Waals surface area contributed by atoms with Crippen molar-refractivity contribution in [1.82, 2.24) is 0 Å². The van der Waals surface area contributed by atoms with E-state index in [9.17, 15) is 0 Å². The van der Waals surface area contributed by atoms with E-state index >= 15 is 0 Å². The minimum absolute atomic E-state index is 0.399. The fourth-order valence-corrected chi connectivity index (χ4v) is 2.91. The monoisotopic (exact) mass is 245 g/mol. The maximum absolute atomic E-state index is 6.01. The lowest BCUT2D eigenvalue weighted by atomic mass is 10.1. The molecule has 1 nitrogen and oxygen atoms in total. The van der Waals surface area contributed by atoms with E-state index < -0.39 is 0 Å². The van der Waals surface area contributed by atoms with Crippen LogP contribution >= 0.6 is 27.3 Å². The van der Waals surface area contributed by atoms with Gasteiger partial charge in [0.05, 0.1) is 0 Å². The van der Waals surface area contributed by atoms with E-state index in [-0.39, 0.29) is 0 Å². The lowest BCUT2D eigenvalue weighted by Gasteiger charge is -2.06. The summed E-state index contributed by atoms with van der Waals surface area (Å²) in [6, 6.07) is 2.57. The number of thiophene rings is 1. The third kappa shape index (κ3) is 2.09. The highest BCUT2D eigenvalue weighted by Crippen LogP contribution is 2.33. The molecule has 66 valence electrons. The lowest BCUT2D eigenvalue weighted by molar-refractivity contribution is 0.596. The third-order valence-electron chi connectivity index (χ3n) is 2.29. The van der Waals surface area contributed by atoms with E-state index in [1.165, 1.54) is 22.2 Å². The summed E-state index contributed by atoms with van der Waals surface area (Å²) in [6.45, 7) is 0. The Labute approximate surface area is 85.1 Å². The topological polar surface area (TPSA) is 26.0 Å². The van der Waals surface area contributed by atoms with Gasteiger partial charge in [-0.3, -0.25) is 0 Å². The molecule has 0 aliphatic heterocycles. The van der Waals surface area contributed by atoms with E-state index in [0.717, 1.165) is 12.3 Å². The van der Waals surface area contributed by atoms with Gasteiger partial charge >= 0.3 is 0 Å². The van der Waals surface area contributed by atoms with Crippen molar-refractivity contribution >= 4 is 27.3 Å². The van der Waals surface area contributed by atoms with Crippen LogP contribution in [0, 0.1) is 5.92 Å². The molecule has 1 saturated carbocycles. The molecule has 2 rings (SSSR count). The molecule has 0 bridgehead atoms. The van der Waals surface area contributed by atoms with Gasteiger partial charge in [0, 0.05) is 20.8 Å². The van der Waals surface area contributed by atoms with Crippen LogP contribution in [0.4, 0.5) is 0 Å². The molecule has 0 spiro atoms. The Kier molecular flexibility index (Phi) is 2.53. The molecular weight excluding hydrogens is 234 g/mol. The van der Waals surface area contributed by atoms with Crippen LogP contribution in [0.1, 0.15) is 17.7 Å². The summed E-state index contributed by atoms with van der Waals surface area (Å²) in [4.78, 5) is 1.40. The molecule has 1 aliphatic rings. The van der Waals surface area contributed by atoms with Crippen molar-refractivity contribution in [2.75, 3.05) is 0 Å². The normalized spacial score (nSPS) is 19.5. The average Bonchev–Trinajstić information content (AvgIpc) is 2.78. The van der Waals surface area contributed by atoms with Crippen LogP contribution < -0.4 is 5.73 Å². The highest BCUT2D eigenvalue weighted by atomic mass is 79.9. The van der Waals surface area contributed by atoms with Crippen molar-refractivity contribution in [3.8, 4) is 0 Å². The second-order valence-corrected chi connectivity index (χ2v) is 5.35. The Hall–Kier alpha value is 0.140. The van der Waals surface area contributed by atoms with Crippen LogP contribution in [-0.4, -0.2) is 6.04 Å². The predicted molar refractivity (Wildman–Crippen MR) is 56.4 cm³/mol. The molecule has 2 N–H and O–H groups in total. The summed E-state index contributed by atoms with van der Waals surface area (Å²) >= 11 is 5.24. The number of hydrogen-bond donors (Lipinski definition) is 1. The second kappa shape index (κ2) is 3.48. The molecule has 1 aliphatic carbocycles. The summed E-state index contributed by atoms with van der Waals surface area (Å²) in [5.74, 6) is 0.811. The smallest absolute Gasteiger partial charge is 0.0285 e. The average molecular weight is 246 g/mol. The molecule has 1 heterocycles. The van der Waals surface area contributed by atoms with Gasteiger partial charge in [0.15, 0.2) is 0 Å². The van der Waals surface area contributed by atoms with E-state index in [4.69, 9.17) is 5.73 Å². The van der Waals surface area contributed by atoms with Gasteiger partial charge in [0.25, 0.3) is 0 Å². The molecule has 1 aromatic rings. The van der Waals surface area contributed by atoms with Crippen LogP contribution in [0.5, 0.6) is 0 Å². The van der Waals surface area contributed by atoms with Crippen LogP contribution in [0.2, 0.25) is 0 Å². The van der Waals surface area contributed by atoms with E-state index in [1.807, 2.05) is 0 Å².